The molecule has 7 heteroatoms. The average molecular weight is 349 g/mol. The smallest absolute Gasteiger partial charge is 0.272 e. The van der Waals surface area contributed by atoms with E-state index >= 15 is 0 Å². The van der Waals surface area contributed by atoms with Crippen molar-refractivity contribution in [1.82, 2.24) is 20.5 Å². The summed E-state index contributed by atoms with van der Waals surface area (Å²) in [4.78, 5) is 16.3. The Morgan fingerprint density at radius 3 is 2.65 bits per heavy atom. The molecule has 132 valence electrons. The zero-order valence-electron chi connectivity index (χ0n) is 14.3. The Hall–Kier alpha value is -3.48. The first-order valence-electron chi connectivity index (χ1n) is 8.13. The van der Waals surface area contributed by atoms with Gasteiger partial charge in [0.2, 0.25) is 0 Å². The highest BCUT2D eigenvalue weighted by molar-refractivity contribution is 5.92. The van der Waals surface area contributed by atoms with Gasteiger partial charge in [0.05, 0.1) is 7.11 Å². The molecule has 0 aliphatic carbocycles. The van der Waals surface area contributed by atoms with Crippen LogP contribution in [0.5, 0.6) is 5.75 Å². The van der Waals surface area contributed by atoms with E-state index < -0.39 is 0 Å². The summed E-state index contributed by atoms with van der Waals surface area (Å²) < 4.78 is 5.27. The molecule has 0 fully saturated rings. The van der Waals surface area contributed by atoms with E-state index in [1.54, 1.807) is 31.6 Å². The largest absolute Gasteiger partial charge is 0.496 e. The monoisotopic (exact) mass is 349 g/mol. The van der Waals surface area contributed by atoms with E-state index in [0.717, 1.165) is 16.9 Å². The third-order valence-corrected chi connectivity index (χ3v) is 3.73. The van der Waals surface area contributed by atoms with Crippen LogP contribution < -0.4 is 15.4 Å². The number of hydrogen-bond acceptors (Lipinski definition) is 6. The third kappa shape index (κ3) is 4.54. The molecule has 2 aromatic heterocycles. The molecule has 3 aromatic rings. The summed E-state index contributed by atoms with van der Waals surface area (Å²) in [6, 6.07) is 14.7. The minimum Gasteiger partial charge on any atom is -0.496 e. The van der Waals surface area contributed by atoms with Crippen molar-refractivity contribution in [1.29, 1.82) is 0 Å². The second-order valence-corrected chi connectivity index (χ2v) is 5.51. The topological polar surface area (TPSA) is 89.0 Å². The molecule has 0 bridgehead atoms. The van der Waals surface area contributed by atoms with E-state index in [1.807, 2.05) is 36.4 Å². The number of amides is 1. The fourth-order valence-corrected chi connectivity index (χ4v) is 2.36. The Labute approximate surface area is 151 Å². The highest BCUT2D eigenvalue weighted by atomic mass is 16.5. The van der Waals surface area contributed by atoms with Gasteiger partial charge in [0, 0.05) is 31.0 Å². The Bertz CT molecular complexity index is 853. The first-order chi connectivity index (χ1) is 12.8. The molecule has 0 spiro atoms. The Kier molecular flexibility index (Phi) is 5.72. The molecule has 26 heavy (non-hydrogen) atoms. The van der Waals surface area contributed by atoms with Crippen LogP contribution in [0.15, 0.2) is 60.9 Å². The van der Waals surface area contributed by atoms with Gasteiger partial charge >= 0.3 is 0 Å². The molecular weight excluding hydrogens is 330 g/mol. The number of anilines is 1. The molecule has 0 saturated heterocycles. The lowest BCUT2D eigenvalue weighted by Gasteiger charge is -2.09. The van der Waals surface area contributed by atoms with Crippen molar-refractivity contribution < 1.29 is 9.53 Å². The van der Waals surface area contributed by atoms with Crippen molar-refractivity contribution in [2.45, 2.75) is 13.1 Å². The van der Waals surface area contributed by atoms with Gasteiger partial charge in [-0.2, -0.15) is 0 Å². The summed E-state index contributed by atoms with van der Waals surface area (Å²) in [6.45, 7) is 0.938. The molecule has 0 unspecified atom stereocenters. The van der Waals surface area contributed by atoms with E-state index in [0.29, 0.717) is 18.9 Å². The molecular formula is C19H19N5O2. The van der Waals surface area contributed by atoms with Crippen molar-refractivity contribution in [2.24, 2.45) is 0 Å². The molecule has 1 aromatic carbocycles. The number of para-hydroxylation sites is 1. The summed E-state index contributed by atoms with van der Waals surface area (Å²) in [6.07, 6.45) is 3.50. The quantitative estimate of drug-likeness (QED) is 0.681. The zero-order valence-corrected chi connectivity index (χ0v) is 14.3. The molecule has 0 aliphatic heterocycles. The fraction of sp³-hybridized carbons (Fsp3) is 0.158. The van der Waals surface area contributed by atoms with Crippen LogP contribution in [0, 0.1) is 0 Å². The molecule has 7 nitrogen and oxygen atoms in total. The third-order valence-electron chi connectivity index (χ3n) is 3.73. The standard InChI is InChI=1S/C19H19N5O2/c1-26-17-7-3-2-6-15(17)13-22-19(25)16-8-9-18(24-23-16)21-12-14-5-4-10-20-11-14/h2-11H,12-13H2,1H3,(H,21,24)(H,22,25). The molecule has 2 heterocycles. The van der Waals surface area contributed by atoms with Crippen molar-refractivity contribution in [3.8, 4) is 5.75 Å². The van der Waals surface area contributed by atoms with Gasteiger partial charge in [0.1, 0.15) is 11.6 Å². The van der Waals surface area contributed by atoms with Gasteiger partial charge in [-0.05, 0) is 29.8 Å². The van der Waals surface area contributed by atoms with Gasteiger partial charge in [0.25, 0.3) is 5.91 Å². The Morgan fingerprint density at radius 1 is 1.04 bits per heavy atom. The number of pyridine rings is 1. The summed E-state index contributed by atoms with van der Waals surface area (Å²) >= 11 is 0. The molecule has 1 amide bonds. The second kappa shape index (κ2) is 8.57. The maximum absolute atomic E-state index is 12.2. The molecule has 0 radical (unpaired) electrons. The number of rotatable bonds is 7. The number of nitrogens with zero attached hydrogens (tertiary/aromatic N) is 3. The molecule has 0 atom stereocenters. The van der Waals surface area contributed by atoms with Gasteiger partial charge < -0.3 is 15.4 Å². The second-order valence-electron chi connectivity index (χ2n) is 5.51. The maximum Gasteiger partial charge on any atom is 0.272 e. The lowest BCUT2D eigenvalue weighted by Crippen LogP contribution is -2.24. The summed E-state index contributed by atoms with van der Waals surface area (Å²) in [5.74, 6) is 1.03. The maximum atomic E-state index is 12.2. The Balaban J connectivity index is 1.55. The first kappa shape index (κ1) is 17.3. The Morgan fingerprint density at radius 2 is 1.92 bits per heavy atom. The van der Waals surface area contributed by atoms with E-state index in [2.05, 4.69) is 25.8 Å². The van der Waals surface area contributed by atoms with Gasteiger partial charge in [0.15, 0.2) is 5.69 Å². The van der Waals surface area contributed by atoms with E-state index in [1.165, 1.54) is 0 Å². The molecule has 0 saturated carbocycles. The van der Waals surface area contributed by atoms with Crippen LogP contribution in [0.3, 0.4) is 0 Å². The number of benzene rings is 1. The number of aromatic nitrogens is 3. The highest BCUT2D eigenvalue weighted by Crippen LogP contribution is 2.16. The summed E-state index contributed by atoms with van der Waals surface area (Å²) in [5.41, 5.74) is 2.19. The SMILES string of the molecule is COc1ccccc1CNC(=O)c1ccc(NCc2cccnc2)nn1. The number of hydrogen-bond donors (Lipinski definition) is 2. The van der Waals surface area contributed by atoms with Crippen LogP contribution in [0.2, 0.25) is 0 Å². The van der Waals surface area contributed by atoms with Crippen LogP contribution >= 0.6 is 0 Å². The average Bonchev–Trinajstić information content (AvgIpc) is 2.72. The van der Waals surface area contributed by atoms with E-state index in [9.17, 15) is 4.79 Å². The molecule has 0 aliphatic rings. The predicted octanol–water partition coefficient (Wildman–Crippen LogP) is 2.42. The molecule has 2 N–H and O–H groups in total. The predicted molar refractivity (Wildman–Crippen MR) is 97.8 cm³/mol. The van der Waals surface area contributed by atoms with Gasteiger partial charge in [-0.3, -0.25) is 9.78 Å². The van der Waals surface area contributed by atoms with Crippen molar-refractivity contribution in [2.75, 3.05) is 12.4 Å². The van der Waals surface area contributed by atoms with E-state index in [-0.39, 0.29) is 11.6 Å². The number of carbonyl (C=O) groups is 1. The van der Waals surface area contributed by atoms with Crippen LogP contribution in [-0.4, -0.2) is 28.2 Å². The van der Waals surface area contributed by atoms with Crippen molar-refractivity contribution in [3.63, 3.8) is 0 Å². The number of carbonyl (C=O) groups excluding carboxylic acids is 1. The van der Waals surface area contributed by atoms with Crippen LogP contribution in [0.1, 0.15) is 21.6 Å². The highest BCUT2D eigenvalue weighted by Gasteiger charge is 2.09. The van der Waals surface area contributed by atoms with Gasteiger partial charge in [-0.15, -0.1) is 10.2 Å². The minimum absolute atomic E-state index is 0.256. The number of methoxy groups -OCH3 is 1. The summed E-state index contributed by atoms with van der Waals surface area (Å²) in [7, 11) is 1.60. The lowest BCUT2D eigenvalue weighted by atomic mass is 10.2. The molecule has 3 rings (SSSR count). The van der Waals surface area contributed by atoms with Crippen molar-refractivity contribution in [3.05, 3.63) is 77.7 Å². The van der Waals surface area contributed by atoms with Crippen LogP contribution in [-0.2, 0) is 13.1 Å². The van der Waals surface area contributed by atoms with Crippen LogP contribution in [0.25, 0.3) is 0 Å². The normalized spacial score (nSPS) is 10.2. The number of nitrogens with one attached hydrogen (secondary N) is 2. The zero-order chi connectivity index (χ0) is 18.2. The van der Waals surface area contributed by atoms with Gasteiger partial charge in [-0.25, -0.2) is 0 Å². The van der Waals surface area contributed by atoms with Crippen LogP contribution in [0.4, 0.5) is 5.82 Å². The summed E-state index contributed by atoms with van der Waals surface area (Å²) in [5, 5.41) is 14.0. The lowest BCUT2D eigenvalue weighted by molar-refractivity contribution is 0.0944. The minimum atomic E-state index is -0.290. The van der Waals surface area contributed by atoms with E-state index in [4.69, 9.17) is 4.74 Å². The first-order valence-corrected chi connectivity index (χ1v) is 8.13. The number of ether oxygens (including phenoxy) is 1. The van der Waals surface area contributed by atoms with Crippen molar-refractivity contribution >= 4 is 11.7 Å². The fourth-order valence-electron chi connectivity index (χ4n) is 2.36. The van der Waals surface area contributed by atoms with Gasteiger partial charge in [-0.1, -0.05) is 24.3 Å².